The summed E-state index contributed by atoms with van der Waals surface area (Å²) in [5.74, 6) is 0. The molecule has 0 saturated carbocycles. The van der Waals surface area contributed by atoms with Crippen molar-refractivity contribution in [3.63, 3.8) is 0 Å². The molecule has 0 aliphatic carbocycles. The maximum absolute atomic E-state index is 4.02. The van der Waals surface area contributed by atoms with E-state index < -0.39 is 0 Å². The summed E-state index contributed by atoms with van der Waals surface area (Å²) in [5.41, 5.74) is 1.92. The Kier molecular flexibility index (Phi) is 1.78. The Labute approximate surface area is 71.0 Å². The van der Waals surface area contributed by atoms with E-state index in [0.717, 1.165) is 24.0 Å². The zero-order valence-corrected chi connectivity index (χ0v) is 6.99. The maximum Gasteiger partial charge on any atom is 0.121 e. The summed E-state index contributed by atoms with van der Waals surface area (Å²) in [7, 11) is 0. The van der Waals surface area contributed by atoms with Crippen LogP contribution in [0.3, 0.4) is 0 Å². The van der Waals surface area contributed by atoms with Crippen molar-refractivity contribution in [2.24, 2.45) is 0 Å². The number of aromatic nitrogens is 3. The minimum absolute atomic E-state index is 0.853. The Morgan fingerprint density at radius 3 is 3.33 bits per heavy atom. The van der Waals surface area contributed by atoms with Gasteiger partial charge in [-0.2, -0.15) is 0 Å². The molecule has 0 fully saturated rings. The van der Waals surface area contributed by atoms with Crippen LogP contribution < -0.4 is 0 Å². The normalized spacial score (nSPS) is 10.8. The number of rotatable bonds is 2. The molecular weight excluding hydrogens is 150 g/mol. The Morgan fingerprint density at radius 1 is 1.58 bits per heavy atom. The zero-order valence-electron chi connectivity index (χ0n) is 6.99. The van der Waals surface area contributed by atoms with Crippen LogP contribution in [-0.4, -0.2) is 15.0 Å². The van der Waals surface area contributed by atoms with E-state index in [0.29, 0.717) is 0 Å². The third kappa shape index (κ3) is 1.07. The van der Waals surface area contributed by atoms with Gasteiger partial charge in [-0.25, -0.2) is 4.68 Å². The summed E-state index contributed by atoms with van der Waals surface area (Å²) in [6.07, 6.45) is 1.08. The van der Waals surface area contributed by atoms with E-state index in [-0.39, 0.29) is 0 Å². The van der Waals surface area contributed by atoms with Crippen LogP contribution in [0.4, 0.5) is 0 Å². The van der Waals surface area contributed by atoms with Crippen molar-refractivity contribution in [1.29, 1.82) is 0 Å². The molecule has 0 aliphatic heterocycles. The summed E-state index contributed by atoms with van der Waals surface area (Å²) in [6, 6.07) is 8.86. The highest BCUT2D eigenvalue weighted by molar-refractivity contribution is 5.73. The molecule has 1 aromatic carbocycles. The van der Waals surface area contributed by atoms with Crippen molar-refractivity contribution in [2.75, 3.05) is 0 Å². The quantitative estimate of drug-likeness (QED) is 0.668. The lowest BCUT2D eigenvalue weighted by molar-refractivity contribution is 0.596. The first kappa shape index (κ1) is 7.28. The van der Waals surface area contributed by atoms with Crippen LogP contribution in [0.5, 0.6) is 0 Å². The van der Waals surface area contributed by atoms with E-state index >= 15 is 0 Å². The second-order valence-corrected chi connectivity index (χ2v) is 2.72. The minimum Gasteiger partial charge on any atom is -0.245 e. The highest BCUT2D eigenvalue weighted by Gasteiger charge is 2.00. The lowest BCUT2D eigenvalue weighted by atomic mass is 10.3. The van der Waals surface area contributed by atoms with Gasteiger partial charge in [0.2, 0.25) is 0 Å². The Morgan fingerprint density at radius 2 is 2.50 bits per heavy atom. The van der Waals surface area contributed by atoms with Gasteiger partial charge in [0.15, 0.2) is 0 Å². The van der Waals surface area contributed by atoms with E-state index in [1.54, 1.807) is 0 Å². The molecular formula is C9H10N3. The zero-order chi connectivity index (χ0) is 8.39. The predicted molar refractivity (Wildman–Crippen MR) is 46.7 cm³/mol. The standard InChI is InChI=1S/C9H10N3/c1-2-7-12-9-6-4-3-5-8(9)10-11-12/h3-4,6H,2,7H2,1H3. The molecule has 0 aliphatic rings. The third-order valence-corrected chi connectivity index (χ3v) is 1.78. The van der Waals surface area contributed by atoms with Gasteiger partial charge in [0.1, 0.15) is 5.52 Å². The summed E-state index contributed by atoms with van der Waals surface area (Å²) in [6.45, 7) is 3.05. The molecule has 1 aromatic heterocycles. The molecule has 0 amide bonds. The summed E-state index contributed by atoms with van der Waals surface area (Å²) in [5, 5.41) is 8.02. The highest BCUT2D eigenvalue weighted by Crippen LogP contribution is 2.08. The summed E-state index contributed by atoms with van der Waals surface area (Å²) >= 11 is 0. The van der Waals surface area contributed by atoms with Gasteiger partial charge in [0, 0.05) is 12.6 Å². The molecule has 12 heavy (non-hydrogen) atoms. The van der Waals surface area contributed by atoms with Crippen molar-refractivity contribution in [2.45, 2.75) is 19.9 Å². The number of hydrogen-bond acceptors (Lipinski definition) is 2. The van der Waals surface area contributed by atoms with Gasteiger partial charge < -0.3 is 0 Å². The predicted octanol–water partition coefficient (Wildman–Crippen LogP) is 1.64. The van der Waals surface area contributed by atoms with Crippen molar-refractivity contribution in [3.8, 4) is 0 Å². The first-order valence-electron chi connectivity index (χ1n) is 4.11. The third-order valence-electron chi connectivity index (χ3n) is 1.78. The lowest BCUT2D eigenvalue weighted by Gasteiger charge is -1.96. The van der Waals surface area contributed by atoms with Crippen molar-refractivity contribution in [1.82, 2.24) is 15.0 Å². The second kappa shape index (κ2) is 2.93. The second-order valence-electron chi connectivity index (χ2n) is 2.72. The maximum atomic E-state index is 4.02. The average Bonchev–Trinajstić information content (AvgIpc) is 2.50. The van der Waals surface area contributed by atoms with Crippen LogP contribution in [-0.2, 0) is 6.54 Å². The van der Waals surface area contributed by atoms with Crippen LogP contribution in [0.2, 0.25) is 0 Å². The molecule has 0 N–H and O–H groups in total. The van der Waals surface area contributed by atoms with Crippen LogP contribution in [0, 0.1) is 6.07 Å². The topological polar surface area (TPSA) is 30.7 Å². The molecule has 2 rings (SSSR count). The molecule has 1 radical (unpaired) electrons. The molecule has 3 nitrogen and oxygen atoms in total. The molecule has 0 spiro atoms. The van der Waals surface area contributed by atoms with Crippen LogP contribution in [0.1, 0.15) is 13.3 Å². The van der Waals surface area contributed by atoms with E-state index in [9.17, 15) is 0 Å². The van der Waals surface area contributed by atoms with Crippen LogP contribution in [0.15, 0.2) is 18.2 Å². The minimum atomic E-state index is 0.853. The first-order chi connectivity index (χ1) is 5.92. The largest absolute Gasteiger partial charge is 0.245 e. The molecule has 0 bridgehead atoms. The summed E-state index contributed by atoms with van der Waals surface area (Å²) in [4.78, 5) is 0. The fourth-order valence-corrected chi connectivity index (χ4v) is 1.23. The van der Waals surface area contributed by atoms with Crippen molar-refractivity contribution >= 4 is 11.0 Å². The van der Waals surface area contributed by atoms with E-state index in [2.05, 4.69) is 23.3 Å². The Bertz CT molecular complexity index is 378. The molecule has 0 unspecified atom stereocenters. The van der Waals surface area contributed by atoms with Gasteiger partial charge in [-0.05, 0) is 12.5 Å². The van der Waals surface area contributed by atoms with Gasteiger partial charge >= 0.3 is 0 Å². The monoisotopic (exact) mass is 160 g/mol. The molecule has 2 aromatic rings. The Hall–Kier alpha value is -1.38. The van der Waals surface area contributed by atoms with Crippen molar-refractivity contribution in [3.05, 3.63) is 24.3 Å². The molecule has 1 heterocycles. The Balaban J connectivity index is 2.55. The van der Waals surface area contributed by atoms with Crippen molar-refractivity contribution < 1.29 is 0 Å². The van der Waals surface area contributed by atoms with Gasteiger partial charge in [-0.3, -0.25) is 0 Å². The van der Waals surface area contributed by atoms with Gasteiger partial charge in [-0.1, -0.05) is 24.3 Å². The molecule has 0 atom stereocenters. The fraction of sp³-hybridized carbons (Fsp3) is 0.333. The number of benzene rings is 1. The average molecular weight is 160 g/mol. The lowest BCUT2D eigenvalue weighted by Crippen LogP contribution is -1.98. The van der Waals surface area contributed by atoms with E-state index in [4.69, 9.17) is 0 Å². The van der Waals surface area contributed by atoms with Crippen LogP contribution >= 0.6 is 0 Å². The molecule has 3 heteroatoms. The van der Waals surface area contributed by atoms with E-state index in [1.165, 1.54) is 0 Å². The smallest absolute Gasteiger partial charge is 0.121 e. The number of nitrogens with zero attached hydrogens (tertiary/aromatic N) is 3. The molecule has 0 saturated heterocycles. The number of hydrogen-bond donors (Lipinski definition) is 0. The highest BCUT2D eigenvalue weighted by atomic mass is 15.4. The SMILES string of the molecule is CCCn1nnc2[c]cccc21. The molecule has 61 valence electrons. The number of fused-ring (bicyclic) bond motifs is 1. The van der Waals surface area contributed by atoms with E-state index in [1.807, 2.05) is 22.9 Å². The van der Waals surface area contributed by atoms with Gasteiger partial charge in [0.25, 0.3) is 0 Å². The number of aryl methyl sites for hydroxylation is 1. The van der Waals surface area contributed by atoms with Gasteiger partial charge in [0.05, 0.1) is 5.52 Å². The first-order valence-corrected chi connectivity index (χ1v) is 4.11. The fourth-order valence-electron chi connectivity index (χ4n) is 1.23. The van der Waals surface area contributed by atoms with Crippen LogP contribution in [0.25, 0.3) is 11.0 Å². The van der Waals surface area contributed by atoms with Gasteiger partial charge in [-0.15, -0.1) is 5.10 Å². The summed E-state index contributed by atoms with van der Waals surface area (Å²) < 4.78 is 1.91.